The van der Waals surface area contributed by atoms with Gasteiger partial charge < -0.3 is 81.6 Å². The number of ether oxygens (including phenoxy) is 10. The largest absolute Gasteiger partial charge is 0.543 e. The SMILES string of the molecule is BrBr.CC(C)(C)[Si](C)(C)Cl.COC(=O)COc1cc(Br)c(O)cc1C.COC(=O)COc1cc(Br)c(O[Si](C)(C)C(C)(C)C)cc1C.COC(=O)COc1cc(C2CC2)c(O)cc1C.COC(=O)COc1cc(C2CC2)c(O[Si](C)(C)C(C)(C)C)cc1C.COC(=O)COc1ccc(O)cc1C.OB(O)C1CC1. The van der Waals surface area contributed by atoms with Crippen LogP contribution in [0.15, 0.2) is 75.7 Å². The molecule has 0 spiro atoms. The van der Waals surface area contributed by atoms with Crippen LogP contribution >= 0.6 is 71.2 Å². The van der Waals surface area contributed by atoms with Crippen LogP contribution in [0.25, 0.3) is 0 Å². The van der Waals surface area contributed by atoms with Gasteiger partial charge in [-0.25, -0.2) is 24.0 Å². The molecule has 0 aromatic heterocycles. The Hall–Kier alpha value is -5.70. The van der Waals surface area contributed by atoms with Gasteiger partial charge in [-0.15, -0.1) is 0 Å². The molecule has 3 fully saturated rings. The van der Waals surface area contributed by atoms with Gasteiger partial charge in [0.15, 0.2) is 40.4 Å². The molecule has 0 bridgehead atoms. The highest BCUT2D eigenvalue weighted by Gasteiger charge is 2.42. The van der Waals surface area contributed by atoms with Crippen molar-refractivity contribution in [1.29, 1.82) is 0 Å². The number of phenolic OH excluding ortho intramolecular Hbond substituents is 3. The van der Waals surface area contributed by atoms with Gasteiger partial charge in [-0.2, -0.15) is 11.1 Å². The normalized spacial score (nSPS) is 13.0. The molecule has 108 heavy (non-hydrogen) atoms. The molecular weight excluding hydrogens is 1730 g/mol. The first-order valence-corrected chi connectivity index (χ1v) is 50.1. The predicted octanol–water partition coefficient (Wildman–Crippen LogP) is 19.4. The standard InChI is InChI=1S/C19H30O4Si.C16H25BrO4Si.C13H16O4.C10H11BrO4.C10H12O4.C6H15ClSi.C3H7BO2.Br2/c1-13-10-17(23-24(6,7)19(2,3)4)15(14-8-9-14)11-16(13)22-12-18(20)21-5;1-11-8-14(21-22(6,7)16(2,3)4)12(17)9-13(11)20-10-15(18)19-5;1-8-5-11(14)10(9-3-4-9)6-12(8)17-7-13(15)16-2;1-6-3-8(12)7(11)4-9(6)15-5-10(13)14-2;1-7-5-8(11)3-4-9(7)14-6-10(12)13-2;1-6(2,3)8(4,5)7;5-4(6)3-1-2-3;1-2/h10-11,14H,8-9,12H2,1-7H3;8-9H,10H2,1-7H3;5-6,9,14H,3-4,7H2,1-2H3;3-4,12H,5H2,1-2H3;3-5,11H,6H2,1-2H3;1-5H3;3,5-6H,1-2H2;. The maximum Gasteiger partial charge on any atom is 0.454 e. The first-order valence-electron chi connectivity index (χ1n) is 35.0. The number of aromatic hydroxyl groups is 3. The van der Waals surface area contributed by atoms with E-state index in [1.54, 1.807) is 44.2 Å². The lowest BCUT2D eigenvalue weighted by Crippen LogP contribution is -2.44. The van der Waals surface area contributed by atoms with E-state index in [-0.39, 0.29) is 66.4 Å². The molecule has 31 heteroatoms. The maximum atomic E-state index is 11.3. The van der Waals surface area contributed by atoms with Crippen molar-refractivity contribution in [3.63, 3.8) is 0 Å². The summed E-state index contributed by atoms with van der Waals surface area (Å²) in [6, 6.07) is 19.2. The van der Waals surface area contributed by atoms with Crippen molar-refractivity contribution in [2.75, 3.05) is 68.6 Å². The Labute approximate surface area is 680 Å². The summed E-state index contributed by atoms with van der Waals surface area (Å²) in [5.74, 6) is 4.68. The van der Waals surface area contributed by atoms with Crippen molar-refractivity contribution in [2.24, 2.45) is 0 Å². The minimum atomic E-state index is -1.90. The first kappa shape index (κ1) is 100. The maximum absolute atomic E-state index is 11.3. The van der Waals surface area contributed by atoms with E-state index in [4.69, 9.17) is 58.8 Å². The van der Waals surface area contributed by atoms with Crippen molar-refractivity contribution < 1.29 is 106 Å². The molecule has 0 radical (unpaired) electrons. The molecular formula is C77H116BBr4ClO22Si3. The molecule has 0 aliphatic heterocycles. The Kier molecular flexibility index (Phi) is 43.0. The summed E-state index contributed by atoms with van der Waals surface area (Å²) in [5.41, 5.74) is 6.36. The zero-order chi connectivity index (χ0) is 83.2. The third-order valence-electron chi connectivity index (χ3n) is 18.3. The number of carbonyl (C=O) groups excluding carboxylic acids is 5. The summed E-state index contributed by atoms with van der Waals surface area (Å²) in [6.07, 6.45) is 6.58. The van der Waals surface area contributed by atoms with Gasteiger partial charge in [-0.05, 0) is 251 Å². The zero-order valence-electron chi connectivity index (χ0n) is 67.5. The Bertz CT molecular complexity index is 3680. The summed E-state index contributed by atoms with van der Waals surface area (Å²) >= 11 is 18.3. The topological polar surface area (TPSA) is 297 Å². The van der Waals surface area contributed by atoms with Crippen molar-refractivity contribution in [1.82, 2.24) is 0 Å². The molecule has 0 unspecified atom stereocenters. The van der Waals surface area contributed by atoms with Crippen molar-refractivity contribution in [3.05, 3.63) is 115 Å². The molecule has 3 saturated carbocycles. The molecule has 5 aromatic carbocycles. The van der Waals surface area contributed by atoms with E-state index in [9.17, 15) is 34.2 Å². The third-order valence-corrected chi connectivity index (χ3v) is 33.5. The molecule has 606 valence electrons. The fourth-order valence-corrected chi connectivity index (χ4v) is 10.8. The van der Waals surface area contributed by atoms with Crippen molar-refractivity contribution in [2.45, 2.75) is 208 Å². The second-order valence-electron chi connectivity index (χ2n) is 30.5. The quantitative estimate of drug-likeness (QED) is 0.0186. The molecule has 3 aliphatic rings. The van der Waals surface area contributed by atoms with Crippen LogP contribution in [0.2, 0.25) is 60.2 Å². The van der Waals surface area contributed by atoms with E-state index >= 15 is 0 Å². The van der Waals surface area contributed by atoms with Crippen LogP contribution in [0.5, 0.6) is 57.5 Å². The van der Waals surface area contributed by atoms with E-state index in [1.807, 2.05) is 39.0 Å². The third kappa shape index (κ3) is 36.6. The molecule has 0 amide bonds. The van der Waals surface area contributed by atoms with Gasteiger partial charge in [0.1, 0.15) is 57.5 Å². The molecule has 0 heterocycles. The zero-order valence-corrected chi connectivity index (χ0v) is 77.6. The van der Waals surface area contributed by atoms with Gasteiger partial charge in [0.25, 0.3) is 8.32 Å². The highest BCUT2D eigenvalue weighted by Crippen LogP contribution is 2.50. The number of methoxy groups -OCH3 is 5. The monoisotopic (exact) mass is 1840 g/mol. The van der Waals surface area contributed by atoms with Crippen LogP contribution in [-0.4, -0.2) is 155 Å². The fourth-order valence-electron chi connectivity index (χ4n) is 7.90. The van der Waals surface area contributed by atoms with Crippen LogP contribution in [-0.2, 0) is 47.7 Å². The van der Waals surface area contributed by atoms with E-state index < -0.39 is 55.0 Å². The Morgan fingerprint density at radius 2 is 0.713 bits per heavy atom. The van der Waals surface area contributed by atoms with Crippen LogP contribution in [0.1, 0.15) is 152 Å². The Morgan fingerprint density at radius 1 is 0.417 bits per heavy atom. The number of phenols is 3. The number of hydrogen-bond donors (Lipinski definition) is 5. The molecule has 5 aromatic rings. The second kappa shape index (κ2) is 46.3. The molecule has 22 nitrogen and oxygen atoms in total. The number of hydrogen-bond acceptors (Lipinski definition) is 22. The molecule has 0 saturated heterocycles. The molecule has 8 rings (SSSR count). The van der Waals surface area contributed by atoms with Crippen LogP contribution in [0.3, 0.4) is 0 Å². The van der Waals surface area contributed by atoms with E-state index in [2.05, 4.69) is 198 Å². The lowest BCUT2D eigenvalue weighted by molar-refractivity contribution is -0.143. The number of aryl methyl sites for hydroxylation is 5. The Morgan fingerprint density at radius 3 is 1.03 bits per heavy atom. The van der Waals surface area contributed by atoms with E-state index in [1.165, 1.54) is 60.0 Å². The van der Waals surface area contributed by atoms with Gasteiger partial charge >= 0.3 is 37.0 Å². The lowest BCUT2D eigenvalue weighted by atomic mass is 9.84. The van der Waals surface area contributed by atoms with E-state index in [0.29, 0.717) is 50.1 Å². The predicted molar refractivity (Wildman–Crippen MR) is 448 cm³/mol. The van der Waals surface area contributed by atoms with Crippen LogP contribution < -0.4 is 32.5 Å². The van der Waals surface area contributed by atoms with Crippen LogP contribution in [0, 0.1) is 34.6 Å². The molecule has 3 aliphatic carbocycles. The lowest BCUT2D eigenvalue weighted by Gasteiger charge is -2.37. The van der Waals surface area contributed by atoms with Gasteiger partial charge in [0.2, 0.25) is 8.32 Å². The average Bonchev–Trinajstić information content (AvgIpc) is 0.976. The Balaban J connectivity index is 0.000000648. The second-order valence-corrected chi connectivity index (χ2v) is 48.9. The smallest absolute Gasteiger partial charge is 0.454 e. The number of halogens is 5. The number of esters is 5. The van der Waals surface area contributed by atoms with Gasteiger partial charge in [-0.1, -0.05) is 88.2 Å². The summed E-state index contributed by atoms with van der Waals surface area (Å²) in [7, 11) is 0.405. The number of rotatable bonds is 22. The molecule has 0 atom stereocenters. The first-order chi connectivity index (χ1) is 49.9. The summed E-state index contributed by atoms with van der Waals surface area (Å²) in [5, 5.41) is 45.4. The van der Waals surface area contributed by atoms with Crippen LogP contribution in [0.4, 0.5) is 0 Å². The summed E-state index contributed by atoms with van der Waals surface area (Å²) in [6.45, 7) is 42.0. The minimum Gasteiger partial charge on any atom is -0.543 e. The van der Waals surface area contributed by atoms with Crippen molar-refractivity contribution in [3.8, 4) is 57.5 Å². The fraction of sp³-hybridized carbons (Fsp3) is 0.545. The van der Waals surface area contributed by atoms with Gasteiger partial charge in [0, 0.05) is 33.8 Å². The van der Waals surface area contributed by atoms with Gasteiger partial charge in [-0.3, -0.25) is 0 Å². The highest BCUT2D eigenvalue weighted by molar-refractivity contribution is 9.93. The highest BCUT2D eigenvalue weighted by atomic mass is 80.9. The summed E-state index contributed by atoms with van der Waals surface area (Å²) < 4.78 is 63.7. The van der Waals surface area contributed by atoms with Crippen molar-refractivity contribution >= 4 is 132 Å². The van der Waals surface area contributed by atoms with E-state index in [0.717, 1.165) is 80.8 Å². The number of benzene rings is 5. The van der Waals surface area contributed by atoms with Gasteiger partial charge in [0.05, 0.1) is 44.5 Å². The minimum absolute atomic E-state index is 0.0656. The molecule has 5 N–H and O–H groups in total. The average molecular weight is 1840 g/mol. The number of carbonyl (C=O) groups is 5. The summed E-state index contributed by atoms with van der Waals surface area (Å²) in [4.78, 5) is 55.1.